The van der Waals surface area contributed by atoms with E-state index in [2.05, 4.69) is 21.4 Å². The Hall–Kier alpha value is -2.92. The molecule has 0 fully saturated rings. The Kier molecular flexibility index (Phi) is 5.49. The van der Waals surface area contributed by atoms with Gasteiger partial charge < -0.3 is 10.1 Å². The van der Waals surface area contributed by atoms with Crippen LogP contribution in [-0.2, 0) is 17.6 Å². The number of hydrogen-bond donors (Lipinski definition) is 1. The van der Waals surface area contributed by atoms with Crippen LogP contribution >= 0.6 is 11.6 Å². The Labute approximate surface area is 175 Å². The molecular formula is C23H22ClN3O2. The average molecular weight is 408 g/mol. The number of aryl methyl sites for hydroxylation is 2. The maximum absolute atomic E-state index is 12.2. The van der Waals surface area contributed by atoms with Gasteiger partial charge >= 0.3 is 0 Å². The van der Waals surface area contributed by atoms with E-state index in [0.717, 1.165) is 45.9 Å². The molecule has 0 radical (unpaired) electrons. The lowest BCUT2D eigenvalue weighted by Gasteiger charge is -2.12. The third kappa shape index (κ3) is 4.57. The van der Waals surface area contributed by atoms with Crippen LogP contribution in [-0.4, -0.2) is 28.5 Å². The van der Waals surface area contributed by atoms with Gasteiger partial charge in [-0.2, -0.15) is 0 Å². The largest absolute Gasteiger partial charge is 0.488 e. The van der Waals surface area contributed by atoms with E-state index in [9.17, 15) is 4.79 Å². The highest BCUT2D eigenvalue weighted by atomic mass is 35.5. The molecule has 3 aromatic rings. The summed E-state index contributed by atoms with van der Waals surface area (Å²) in [6, 6.07) is 13.4. The molecule has 2 aromatic carbocycles. The molecule has 4 rings (SSSR count). The number of benzene rings is 2. The first-order valence-electron chi connectivity index (χ1n) is 9.59. The molecule has 148 valence electrons. The summed E-state index contributed by atoms with van der Waals surface area (Å²) in [5.41, 5.74) is 5.74. The molecule has 1 N–H and O–H groups in total. The quantitative estimate of drug-likeness (QED) is 0.692. The number of hydrogen-bond acceptors (Lipinski definition) is 4. The summed E-state index contributed by atoms with van der Waals surface area (Å²) in [5, 5.41) is 3.59. The number of carbonyl (C=O) groups is 1. The molecule has 0 saturated heterocycles. The predicted octanol–water partition coefficient (Wildman–Crippen LogP) is 4.08. The van der Waals surface area contributed by atoms with Crippen molar-refractivity contribution < 1.29 is 9.53 Å². The number of carbonyl (C=O) groups excluding carboxylic acids is 1. The predicted molar refractivity (Wildman–Crippen MR) is 113 cm³/mol. The van der Waals surface area contributed by atoms with E-state index in [4.69, 9.17) is 16.3 Å². The molecule has 5 nitrogen and oxygen atoms in total. The van der Waals surface area contributed by atoms with Crippen molar-refractivity contribution in [1.29, 1.82) is 0 Å². The normalized spacial score (nSPS) is 14.9. The zero-order valence-corrected chi connectivity index (χ0v) is 17.2. The van der Waals surface area contributed by atoms with Gasteiger partial charge in [0.1, 0.15) is 11.9 Å². The van der Waals surface area contributed by atoms with Crippen LogP contribution in [0.1, 0.15) is 22.5 Å². The molecule has 2 heterocycles. The van der Waals surface area contributed by atoms with Crippen molar-refractivity contribution >= 4 is 17.5 Å². The van der Waals surface area contributed by atoms with Crippen molar-refractivity contribution in [1.82, 2.24) is 15.3 Å². The fourth-order valence-corrected chi connectivity index (χ4v) is 3.73. The number of rotatable bonds is 5. The van der Waals surface area contributed by atoms with Crippen molar-refractivity contribution in [2.45, 2.75) is 32.8 Å². The Morgan fingerprint density at radius 1 is 1.24 bits per heavy atom. The number of ether oxygens (including phenoxy) is 1. The maximum atomic E-state index is 12.2. The molecule has 1 amide bonds. The van der Waals surface area contributed by atoms with E-state index in [1.807, 2.05) is 38.1 Å². The van der Waals surface area contributed by atoms with Crippen molar-refractivity contribution in [3.8, 4) is 17.0 Å². The highest BCUT2D eigenvalue weighted by Crippen LogP contribution is 2.33. The molecule has 0 spiro atoms. The van der Waals surface area contributed by atoms with Crippen molar-refractivity contribution in [3.05, 3.63) is 76.2 Å². The average Bonchev–Trinajstić information content (AvgIpc) is 3.10. The van der Waals surface area contributed by atoms with Crippen LogP contribution < -0.4 is 10.1 Å². The second-order valence-corrected chi connectivity index (χ2v) is 7.76. The minimum atomic E-state index is -0.0757. The summed E-state index contributed by atoms with van der Waals surface area (Å²) < 4.78 is 6.00. The number of halogens is 1. The lowest BCUT2D eigenvalue weighted by Crippen LogP contribution is -2.35. The van der Waals surface area contributed by atoms with Gasteiger partial charge in [-0.15, -0.1) is 0 Å². The van der Waals surface area contributed by atoms with Crippen LogP contribution in [0.4, 0.5) is 0 Å². The molecule has 6 heteroatoms. The zero-order chi connectivity index (χ0) is 20.4. The molecule has 0 bridgehead atoms. The van der Waals surface area contributed by atoms with Gasteiger partial charge in [-0.1, -0.05) is 23.7 Å². The van der Waals surface area contributed by atoms with E-state index in [1.165, 1.54) is 0 Å². The standard InChI is InChI=1S/C23H22ClN3O2/c1-14-12-25-15(2)23(27-14)17-6-7-21-18(10-17)11-20(29-21)13-26-22(28)9-16-4-3-5-19(24)8-16/h3-8,10,12,20H,9,11,13H2,1-2H3,(H,26,28). The van der Waals surface area contributed by atoms with Crippen molar-refractivity contribution in [3.63, 3.8) is 0 Å². The highest BCUT2D eigenvalue weighted by molar-refractivity contribution is 6.30. The van der Waals surface area contributed by atoms with Crippen LogP contribution in [0.15, 0.2) is 48.7 Å². The number of nitrogens with one attached hydrogen (secondary N) is 1. The monoisotopic (exact) mass is 407 g/mol. The Morgan fingerprint density at radius 2 is 2.10 bits per heavy atom. The molecule has 0 aliphatic carbocycles. The summed E-state index contributed by atoms with van der Waals surface area (Å²) in [6.45, 7) is 4.37. The fourth-order valence-electron chi connectivity index (χ4n) is 3.52. The molecule has 1 aliphatic rings. The zero-order valence-electron chi connectivity index (χ0n) is 16.4. The van der Waals surface area contributed by atoms with Gasteiger partial charge in [0.05, 0.1) is 30.0 Å². The van der Waals surface area contributed by atoms with Crippen molar-refractivity contribution in [2.24, 2.45) is 0 Å². The summed E-state index contributed by atoms with van der Waals surface area (Å²) in [7, 11) is 0. The van der Waals surface area contributed by atoms with Crippen LogP contribution in [0.25, 0.3) is 11.3 Å². The fraction of sp³-hybridized carbons (Fsp3) is 0.261. The third-order valence-corrected chi connectivity index (χ3v) is 5.17. The van der Waals surface area contributed by atoms with Crippen LogP contribution in [0.2, 0.25) is 5.02 Å². The molecule has 29 heavy (non-hydrogen) atoms. The second kappa shape index (κ2) is 8.21. The topological polar surface area (TPSA) is 64.1 Å². The third-order valence-electron chi connectivity index (χ3n) is 4.93. The highest BCUT2D eigenvalue weighted by Gasteiger charge is 2.24. The first-order valence-corrected chi connectivity index (χ1v) is 9.97. The summed E-state index contributed by atoms with van der Waals surface area (Å²) in [5.74, 6) is 0.819. The van der Waals surface area contributed by atoms with E-state index < -0.39 is 0 Å². The lowest BCUT2D eigenvalue weighted by atomic mass is 10.0. The number of aromatic nitrogens is 2. The van der Waals surface area contributed by atoms with Crippen LogP contribution in [0.3, 0.4) is 0 Å². The molecule has 1 unspecified atom stereocenters. The summed E-state index contributed by atoms with van der Waals surface area (Å²) in [4.78, 5) is 21.3. The van der Waals surface area contributed by atoms with Crippen LogP contribution in [0.5, 0.6) is 5.75 Å². The maximum Gasteiger partial charge on any atom is 0.224 e. The van der Waals surface area contributed by atoms with Crippen LogP contribution in [0, 0.1) is 13.8 Å². The summed E-state index contributed by atoms with van der Waals surface area (Å²) >= 11 is 5.98. The number of nitrogens with zero attached hydrogens (tertiary/aromatic N) is 2. The van der Waals surface area contributed by atoms with E-state index in [0.29, 0.717) is 18.0 Å². The van der Waals surface area contributed by atoms with E-state index >= 15 is 0 Å². The lowest BCUT2D eigenvalue weighted by molar-refractivity contribution is -0.120. The SMILES string of the molecule is Cc1cnc(C)c(-c2ccc3c(c2)CC(CNC(=O)Cc2cccc(Cl)c2)O3)n1. The Bertz CT molecular complexity index is 1070. The minimum absolute atomic E-state index is 0.0434. The Morgan fingerprint density at radius 3 is 2.93 bits per heavy atom. The van der Waals surface area contributed by atoms with Gasteiger partial charge in [-0.25, -0.2) is 4.98 Å². The van der Waals surface area contributed by atoms with Gasteiger partial charge in [0.2, 0.25) is 5.91 Å². The van der Waals surface area contributed by atoms with E-state index in [-0.39, 0.29) is 12.0 Å². The molecule has 1 aromatic heterocycles. The van der Waals surface area contributed by atoms with Gasteiger partial charge in [0.25, 0.3) is 0 Å². The molecular weight excluding hydrogens is 386 g/mol. The number of amides is 1. The van der Waals surface area contributed by atoms with Gasteiger partial charge in [-0.3, -0.25) is 9.78 Å². The van der Waals surface area contributed by atoms with Crippen molar-refractivity contribution in [2.75, 3.05) is 6.54 Å². The first-order chi connectivity index (χ1) is 14.0. The molecule has 0 saturated carbocycles. The molecule has 1 atom stereocenters. The molecule has 1 aliphatic heterocycles. The second-order valence-electron chi connectivity index (χ2n) is 7.32. The van der Waals surface area contributed by atoms with Gasteiger partial charge in [0.15, 0.2) is 0 Å². The number of fused-ring (bicyclic) bond motifs is 1. The Balaban J connectivity index is 1.38. The smallest absolute Gasteiger partial charge is 0.224 e. The van der Waals surface area contributed by atoms with Gasteiger partial charge in [-0.05, 0) is 55.3 Å². The minimum Gasteiger partial charge on any atom is -0.488 e. The first kappa shape index (κ1) is 19.4. The van der Waals surface area contributed by atoms with E-state index in [1.54, 1.807) is 18.3 Å². The van der Waals surface area contributed by atoms with Gasteiger partial charge in [0, 0.05) is 23.2 Å². The summed E-state index contributed by atoms with van der Waals surface area (Å²) in [6.07, 6.45) is 2.75.